The molecule has 1 aliphatic heterocycles. The number of halogens is 1. The summed E-state index contributed by atoms with van der Waals surface area (Å²) < 4.78 is 26.5. The van der Waals surface area contributed by atoms with E-state index in [1.807, 2.05) is 24.3 Å². The average molecular weight is 310 g/mol. The third-order valence-electron chi connectivity index (χ3n) is 3.33. The standard InChI is InChI=1S/C13H12ClN3O2S/c14-13-15-7-12(8-16-13)20(18,19)17-6-5-10-3-1-2-4-11(10)9-17/h1-4,7-8H,5-6,9H2. The Morgan fingerprint density at radius 2 is 1.75 bits per heavy atom. The summed E-state index contributed by atoms with van der Waals surface area (Å²) in [6.45, 7) is 0.836. The SMILES string of the molecule is O=S(=O)(c1cnc(Cl)nc1)N1CCc2ccccc2C1. The van der Waals surface area contributed by atoms with E-state index < -0.39 is 10.0 Å². The number of hydrogen-bond acceptors (Lipinski definition) is 4. The molecule has 0 fully saturated rings. The predicted molar refractivity (Wildman–Crippen MR) is 74.8 cm³/mol. The highest BCUT2D eigenvalue weighted by Crippen LogP contribution is 2.24. The molecule has 0 unspecified atom stereocenters. The lowest BCUT2D eigenvalue weighted by atomic mass is 10.0. The van der Waals surface area contributed by atoms with E-state index in [4.69, 9.17) is 11.6 Å². The second kappa shape index (κ2) is 5.12. The van der Waals surface area contributed by atoms with Crippen LogP contribution in [0.4, 0.5) is 0 Å². The average Bonchev–Trinajstić information content (AvgIpc) is 2.47. The van der Waals surface area contributed by atoms with Gasteiger partial charge in [-0.25, -0.2) is 18.4 Å². The van der Waals surface area contributed by atoms with Gasteiger partial charge in [-0.1, -0.05) is 24.3 Å². The van der Waals surface area contributed by atoms with Crippen LogP contribution >= 0.6 is 11.6 Å². The van der Waals surface area contributed by atoms with Crippen molar-refractivity contribution in [2.24, 2.45) is 0 Å². The Bertz CT molecular complexity index is 732. The van der Waals surface area contributed by atoms with Gasteiger partial charge >= 0.3 is 0 Å². The van der Waals surface area contributed by atoms with Gasteiger partial charge in [0.2, 0.25) is 15.3 Å². The van der Waals surface area contributed by atoms with Crippen LogP contribution in [0.15, 0.2) is 41.6 Å². The second-order valence-corrected chi connectivity index (χ2v) is 6.82. The summed E-state index contributed by atoms with van der Waals surface area (Å²) in [7, 11) is -3.57. The molecule has 0 N–H and O–H groups in total. The highest BCUT2D eigenvalue weighted by molar-refractivity contribution is 7.89. The normalized spacial score (nSPS) is 15.8. The Morgan fingerprint density at radius 1 is 1.10 bits per heavy atom. The Balaban J connectivity index is 1.92. The molecule has 0 spiro atoms. The van der Waals surface area contributed by atoms with Crippen molar-refractivity contribution < 1.29 is 8.42 Å². The van der Waals surface area contributed by atoms with E-state index >= 15 is 0 Å². The largest absolute Gasteiger partial charge is 0.246 e. The van der Waals surface area contributed by atoms with Gasteiger partial charge in [0.1, 0.15) is 4.90 Å². The summed E-state index contributed by atoms with van der Waals surface area (Å²) in [5, 5.41) is 0.0351. The lowest BCUT2D eigenvalue weighted by molar-refractivity contribution is 0.391. The molecular formula is C13H12ClN3O2S. The Labute approximate surface area is 122 Å². The summed E-state index contributed by atoms with van der Waals surface area (Å²) in [6, 6.07) is 7.87. The van der Waals surface area contributed by atoms with Gasteiger partial charge in [-0.3, -0.25) is 0 Å². The van der Waals surface area contributed by atoms with E-state index in [9.17, 15) is 8.42 Å². The Hall–Kier alpha value is -1.50. The van der Waals surface area contributed by atoms with Crippen LogP contribution in [0, 0.1) is 0 Å². The van der Waals surface area contributed by atoms with Gasteiger partial charge in [0, 0.05) is 13.1 Å². The molecule has 1 aromatic heterocycles. The Morgan fingerprint density at radius 3 is 2.45 bits per heavy atom. The molecule has 0 amide bonds. The first-order chi connectivity index (χ1) is 9.57. The van der Waals surface area contributed by atoms with Crippen molar-refractivity contribution in [1.29, 1.82) is 0 Å². The molecule has 7 heteroatoms. The molecule has 0 aliphatic carbocycles. The predicted octanol–water partition coefficient (Wildman–Crippen LogP) is 1.88. The minimum absolute atomic E-state index is 0.0351. The molecule has 2 heterocycles. The maximum atomic E-state index is 12.5. The molecule has 0 bridgehead atoms. The van der Waals surface area contributed by atoms with Crippen molar-refractivity contribution in [2.75, 3.05) is 6.54 Å². The smallest absolute Gasteiger partial charge is 0.225 e. The minimum atomic E-state index is -3.57. The summed E-state index contributed by atoms with van der Waals surface area (Å²) in [5.74, 6) is 0. The lowest BCUT2D eigenvalue weighted by Gasteiger charge is -2.27. The zero-order chi connectivity index (χ0) is 14.2. The van der Waals surface area contributed by atoms with E-state index in [1.165, 1.54) is 22.3 Å². The number of benzene rings is 1. The van der Waals surface area contributed by atoms with Gasteiger partial charge in [0.15, 0.2) is 0 Å². The van der Waals surface area contributed by atoms with Crippen LogP contribution in [0.2, 0.25) is 5.28 Å². The fourth-order valence-corrected chi connectivity index (χ4v) is 3.67. The fraction of sp³-hybridized carbons (Fsp3) is 0.231. The van der Waals surface area contributed by atoms with Gasteiger partial charge in [0.25, 0.3) is 0 Å². The summed E-state index contributed by atoms with van der Waals surface area (Å²) >= 11 is 5.58. The van der Waals surface area contributed by atoms with Crippen molar-refractivity contribution in [3.8, 4) is 0 Å². The minimum Gasteiger partial charge on any atom is -0.225 e. The van der Waals surface area contributed by atoms with Crippen LogP contribution in [0.1, 0.15) is 11.1 Å². The molecule has 0 saturated carbocycles. The number of aromatic nitrogens is 2. The highest BCUT2D eigenvalue weighted by Gasteiger charge is 2.28. The van der Waals surface area contributed by atoms with Crippen LogP contribution < -0.4 is 0 Å². The molecule has 0 radical (unpaired) electrons. The van der Waals surface area contributed by atoms with Gasteiger partial charge in [-0.05, 0) is 29.1 Å². The van der Waals surface area contributed by atoms with Crippen molar-refractivity contribution in [2.45, 2.75) is 17.9 Å². The first-order valence-corrected chi connectivity index (χ1v) is 7.93. The fourth-order valence-electron chi connectivity index (χ4n) is 2.26. The first-order valence-electron chi connectivity index (χ1n) is 6.12. The molecule has 1 aliphatic rings. The molecule has 20 heavy (non-hydrogen) atoms. The van der Waals surface area contributed by atoms with E-state index in [-0.39, 0.29) is 10.2 Å². The number of hydrogen-bond donors (Lipinski definition) is 0. The second-order valence-electron chi connectivity index (χ2n) is 4.55. The number of nitrogens with zero attached hydrogens (tertiary/aromatic N) is 3. The molecule has 0 saturated heterocycles. The molecule has 0 atom stereocenters. The van der Waals surface area contributed by atoms with Crippen molar-refractivity contribution in [3.05, 3.63) is 53.1 Å². The van der Waals surface area contributed by atoms with E-state index in [0.29, 0.717) is 19.5 Å². The van der Waals surface area contributed by atoms with Crippen molar-refractivity contribution >= 4 is 21.6 Å². The van der Waals surface area contributed by atoms with Crippen LogP contribution in [-0.4, -0.2) is 29.2 Å². The van der Waals surface area contributed by atoms with Crippen LogP contribution in [0.25, 0.3) is 0 Å². The highest BCUT2D eigenvalue weighted by atomic mass is 35.5. The van der Waals surface area contributed by atoms with Crippen LogP contribution in [0.5, 0.6) is 0 Å². The zero-order valence-corrected chi connectivity index (χ0v) is 12.1. The van der Waals surface area contributed by atoms with Gasteiger partial charge in [0.05, 0.1) is 12.4 Å². The molecule has 3 rings (SSSR count). The maximum absolute atomic E-state index is 12.5. The topological polar surface area (TPSA) is 63.2 Å². The number of fused-ring (bicyclic) bond motifs is 1. The monoisotopic (exact) mass is 309 g/mol. The van der Waals surface area contributed by atoms with Gasteiger partial charge in [-0.15, -0.1) is 0 Å². The van der Waals surface area contributed by atoms with Gasteiger partial charge < -0.3 is 0 Å². The molecule has 104 valence electrons. The summed E-state index contributed by atoms with van der Waals surface area (Å²) in [4.78, 5) is 7.54. The number of sulfonamides is 1. The van der Waals surface area contributed by atoms with E-state index in [2.05, 4.69) is 9.97 Å². The third-order valence-corrected chi connectivity index (χ3v) is 5.32. The molecule has 5 nitrogen and oxygen atoms in total. The zero-order valence-electron chi connectivity index (χ0n) is 10.5. The molecule has 1 aromatic carbocycles. The molecule has 2 aromatic rings. The van der Waals surface area contributed by atoms with E-state index in [0.717, 1.165) is 5.56 Å². The maximum Gasteiger partial charge on any atom is 0.246 e. The van der Waals surface area contributed by atoms with Crippen molar-refractivity contribution in [1.82, 2.24) is 14.3 Å². The Kier molecular flexibility index (Phi) is 3.45. The van der Waals surface area contributed by atoms with Crippen LogP contribution in [-0.2, 0) is 23.0 Å². The number of rotatable bonds is 2. The van der Waals surface area contributed by atoms with Gasteiger partial charge in [-0.2, -0.15) is 4.31 Å². The summed E-state index contributed by atoms with van der Waals surface area (Å²) in [6.07, 6.45) is 3.19. The summed E-state index contributed by atoms with van der Waals surface area (Å²) in [5.41, 5.74) is 2.24. The van der Waals surface area contributed by atoms with Crippen molar-refractivity contribution in [3.63, 3.8) is 0 Å². The first kappa shape index (κ1) is 13.5. The van der Waals surface area contributed by atoms with Crippen LogP contribution in [0.3, 0.4) is 0 Å². The lowest BCUT2D eigenvalue weighted by Crippen LogP contribution is -2.36. The third kappa shape index (κ3) is 2.42. The quantitative estimate of drug-likeness (QED) is 0.795. The molecular weight excluding hydrogens is 298 g/mol. The van der Waals surface area contributed by atoms with E-state index in [1.54, 1.807) is 0 Å².